The molecule has 6 heteroatoms. The molecule has 0 unspecified atom stereocenters. The first kappa shape index (κ1) is 13.5. The minimum Gasteiger partial charge on any atom is -0.297 e. The van der Waals surface area contributed by atoms with E-state index in [-0.39, 0.29) is 5.56 Å². The van der Waals surface area contributed by atoms with E-state index in [4.69, 9.17) is 0 Å². The summed E-state index contributed by atoms with van der Waals surface area (Å²) in [5.41, 5.74) is 2.50. The number of pyridine rings is 1. The van der Waals surface area contributed by atoms with Gasteiger partial charge in [0.2, 0.25) is 0 Å². The summed E-state index contributed by atoms with van der Waals surface area (Å²) in [4.78, 5) is 22.8. The Morgan fingerprint density at radius 2 is 2.24 bits per heavy atom. The van der Waals surface area contributed by atoms with Crippen LogP contribution in [0.15, 0.2) is 47.7 Å². The molecule has 0 aliphatic carbocycles. The second-order valence-electron chi connectivity index (χ2n) is 4.91. The van der Waals surface area contributed by atoms with Gasteiger partial charge in [0.05, 0.1) is 5.69 Å². The lowest BCUT2D eigenvalue weighted by atomic mass is 10.2. The molecule has 0 spiro atoms. The molecule has 0 bridgehead atoms. The molecule has 21 heavy (non-hydrogen) atoms. The van der Waals surface area contributed by atoms with E-state index in [1.54, 1.807) is 24.5 Å². The molecule has 3 rings (SSSR count). The summed E-state index contributed by atoms with van der Waals surface area (Å²) in [7, 11) is 0. The zero-order valence-electron chi connectivity index (χ0n) is 11.9. The summed E-state index contributed by atoms with van der Waals surface area (Å²) in [6, 6.07) is 7.35. The molecule has 0 atom stereocenters. The molecule has 3 aromatic heterocycles. The van der Waals surface area contributed by atoms with Gasteiger partial charge < -0.3 is 0 Å². The van der Waals surface area contributed by atoms with Gasteiger partial charge in [-0.15, -0.1) is 0 Å². The zero-order chi connectivity index (χ0) is 14.7. The molecule has 108 valence electrons. The molecule has 0 saturated heterocycles. The Labute approximate surface area is 122 Å². The van der Waals surface area contributed by atoms with Crippen molar-refractivity contribution in [1.82, 2.24) is 24.5 Å². The van der Waals surface area contributed by atoms with Crippen molar-refractivity contribution >= 4 is 5.65 Å². The van der Waals surface area contributed by atoms with Gasteiger partial charge in [-0.3, -0.25) is 19.8 Å². The van der Waals surface area contributed by atoms with Crippen LogP contribution in [0.4, 0.5) is 0 Å². The van der Waals surface area contributed by atoms with Crippen LogP contribution in [0.25, 0.3) is 5.65 Å². The molecular weight excluding hydrogens is 266 g/mol. The van der Waals surface area contributed by atoms with Crippen LogP contribution in [-0.2, 0) is 13.1 Å². The van der Waals surface area contributed by atoms with E-state index < -0.39 is 0 Å². The molecule has 0 aliphatic rings. The van der Waals surface area contributed by atoms with E-state index in [2.05, 4.69) is 26.9 Å². The van der Waals surface area contributed by atoms with Crippen LogP contribution in [0.5, 0.6) is 0 Å². The van der Waals surface area contributed by atoms with Crippen LogP contribution in [0.2, 0.25) is 0 Å². The maximum absolute atomic E-state index is 12.0. The Morgan fingerprint density at radius 1 is 1.33 bits per heavy atom. The summed E-state index contributed by atoms with van der Waals surface area (Å²) in [5, 5.41) is 2.84. The van der Waals surface area contributed by atoms with Gasteiger partial charge in [0.25, 0.3) is 5.56 Å². The van der Waals surface area contributed by atoms with Crippen LogP contribution in [0, 0.1) is 0 Å². The Bertz CT molecular complexity index is 777. The Hall–Kier alpha value is -2.47. The first-order valence-electron chi connectivity index (χ1n) is 6.93. The highest BCUT2D eigenvalue weighted by atomic mass is 16.1. The lowest BCUT2D eigenvalue weighted by Gasteiger charge is -2.19. The van der Waals surface area contributed by atoms with Crippen LogP contribution in [0.3, 0.4) is 0 Å². The number of nitrogens with one attached hydrogen (secondary N) is 1. The summed E-state index contributed by atoms with van der Waals surface area (Å²) in [6.07, 6.45) is 5.34. The number of H-pyrrole nitrogens is 1. The van der Waals surface area contributed by atoms with E-state index in [9.17, 15) is 4.79 Å². The topological polar surface area (TPSA) is 66.3 Å². The summed E-state index contributed by atoms with van der Waals surface area (Å²) in [5.74, 6) is 0. The van der Waals surface area contributed by atoms with E-state index in [1.807, 2.05) is 18.3 Å². The number of aromatic amines is 1. The van der Waals surface area contributed by atoms with Crippen molar-refractivity contribution in [3.8, 4) is 0 Å². The Morgan fingerprint density at radius 3 is 3.00 bits per heavy atom. The maximum Gasteiger partial charge on any atom is 0.272 e. The molecule has 0 amide bonds. The third kappa shape index (κ3) is 3.00. The molecule has 0 fully saturated rings. The number of fused-ring (bicyclic) bond motifs is 1. The van der Waals surface area contributed by atoms with Crippen molar-refractivity contribution in [1.29, 1.82) is 0 Å². The largest absolute Gasteiger partial charge is 0.297 e. The fourth-order valence-electron chi connectivity index (χ4n) is 2.32. The monoisotopic (exact) mass is 283 g/mol. The number of hydrogen-bond acceptors (Lipinski definition) is 4. The van der Waals surface area contributed by atoms with Gasteiger partial charge in [0.1, 0.15) is 0 Å². The summed E-state index contributed by atoms with van der Waals surface area (Å²) in [6.45, 7) is 4.40. The number of hydrogen-bond donors (Lipinski definition) is 1. The average Bonchev–Trinajstić information content (AvgIpc) is 2.96. The fourth-order valence-corrected chi connectivity index (χ4v) is 2.32. The molecule has 0 radical (unpaired) electrons. The predicted molar refractivity (Wildman–Crippen MR) is 79.8 cm³/mol. The third-order valence-corrected chi connectivity index (χ3v) is 3.40. The minimum atomic E-state index is -0.0857. The standard InChI is InChI=1S/C15H17N5O/c1-2-19(10-12-4-3-6-16-9-12)11-13-8-15(21)20-14(18-13)5-7-17-20/h3-9,17H,2,10-11H2,1H3. The Balaban J connectivity index is 1.80. The quantitative estimate of drug-likeness (QED) is 0.769. The van der Waals surface area contributed by atoms with Gasteiger partial charge in [0, 0.05) is 43.8 Å². The second-order valence-corrected chi connectivity index (χ2v) is 4.91. The number of nitrogens with zero attached hydrogens (tertiary/aromatic N) is 4. The van der Waals surface area contributed by atoms with Gasteiger partial charge in [-0.1, -0.05) is 13.0 Å². The lowest BCUT2D eigenvalue weighted by Crippen LogP contribution is -2.25. The van der Waals surface area contributed by atoms with Crippen molar-refractivity contribution in [2.75, 3.05) is 6.54 Å². The molecule has 6 nitrogen and oxygen atoms in total. The first-order chi connectivity index (χ1) is 10.3. The molecular formula is C15H17N5O. The van der Waals surface area contributed by atoms with Crippen LogP contribution in [-0.4, -0.2) is 31.0 Å². The van der Waals surface area contributed by atoms with Gasteiger partial charge in [0.15, 0.2) is 5.65 Å². The fraction of sp³-hybridized carbons (Fsp3) is 0.267. The smallest absolute Gasteiger partial charge is 0.272 e. The van der Waals surface area contributed by atoms with E-state index in [0.717, 1.165) is 24.3 Å². The number of rotatable bonds is 5. The maximum atomic E-state index is 12.0. The van der Waals surface area contributed by atoms with Crippen molar-refractivity contribution in [2.24, 2.45) is 0 Å². The van der Waals surface area contributed by atoms with Crippen molar-refractivity contribution in [2.45, 2.75) is 20.0 Å². The van der Waals surface area contributed by atoms with E-state index >= 15 is 0 Å². The van der Waals surface area contributed by atoms with Crippen molar-refractivity contribution in [3.63, 3.8) is 0 Å². The number of aromatic nitrogens is 4. The van der Waals surface area contributed by atoms with Gasteiger partial charge in [-0.2, -0.15) is 0 Å². The molecule has 3 aromatic rings. The Kier molecular flexibility index (Phi) is 3.79. The van der Waals surface area contributed by atoms with Crippen molar-refractivity contribution in [3.05, 3.63) is 64.5 Å². The van der Waals surface area contributed by atoms with Gasteiger partial charge >= 0.3 is 0 Å². The van der Waals surface area contributed by atoms with Gasteiger partial charge in [-0.25, -0.2) is 9.50 Å². The van der Waals surface area contributed by atoms with E-state index in [1.165, 1.54) is 4.52 Å². The minimum absolute atomic E-state index is 0.0857. The van der Waals surface area contributed by atoms with Crippen molar-refractivity contribution < 1.29 is 0 Å². The molecule has 3 heterocycles. The highest BCUT2D eigenvalue weighted by Gasteiger charge is 2.08. The lowest BCUT2D eigenvalue weighted by molar-refractivity contribution is 0.268. The summed E-state index contributed by atoms with van der Waals surface area (Å²) < 4.78 is 1.43. The third-order valence-electron chi connectivity index (χ3n) is 3.40. The van der Waals surface area contributed by atoms with Crippen LogP contribution >= 0.6 is 0 Å². The van der Waals surface area contributed by atoms with Crippen LogP contribution < -0.4 is 5.56 Å². The van der Waals surface area contributed by atoms with Crippen LogP contribution in [0.1, 0.15) is 18.2 Å². The zero-order valence-corrected chi connectivity index (χ0v) is 11.9. The molecule has 0 aromatic carbocycles. The normalized spacial score (nSPS) is 11.3. The molecule has 1 N–H and O–H groups in total. The average molecular weight is 283 g/mol. The van der Waals surface area contributed by atoms with Gasteiger partial charge in [-0.05, 0) is 18.2 Å². The highest BCUT2D eigenvalue weighted by molar-refractivity contribution is 5.36. The summed E-state index contributed by atoms with van der Waals surface area (Å²) >= 11 is 0. The molecule has 0 aliphatic heterocycles. The van der Waals surface area contributed by atoms with E-state index in [0.29, 0.717) is 12.2 Å². The SMILES string of the molecule is CCN(Cc1cccnc1)Cc1cc(=O)n2[nH]ccc2n1. The predicted octanol–water partition coefficient (Wildman–Crippen LogP) is 1.44. The first-order valence-corrected chi connectivity index (χ1v) is 6.93. The molecule has 0 saturated carbocycles. The second kappa shape index (κ2) is 5.88. The highest BCUT2D eigenvalue weighted by Crippen LogP contribution is 2.07.